The molecule has 29 heavy (non-hydrogen) atoms. The number of hydrogen-bond acceptors (Lipinski definition) is 4. The smallest absolute Gasteiger partial charge is 0.272 e. The normalized spacial score (nSPS) is 13.5. The molecule has 0 atom stereocenters. The molecule has 4 heterocycles. The minimum Gasteiger partial charge on any atom is -0.332 e. The van der Waals surface area contributed by atoms with E-state index >= 15 is 0 Å². The van der Waals surface area contributed by atoms with Gasteiger partial charge in [0, 0.05) is 31.8 Å². The molecule has 1 aromatic carbocycles. The molecule has 0 unspecified atom stereocenters. The lowest BCUT2D eigenvalue weighted by Crippen LogP contribution is -2.40. The standard InChI is InChI=1S/C22H19N5O2/c1-25-19(13-18(24-25)15-7-3-2-4-8-15)22(29)26-12-10-17-16(14-26)21(28)27-11-6-5-9-20(27)23-17/h2-9,11,13H,10,12,14H2,1H3. The summed E-state index contributed by atoms with van der Waals surface area (Å²) in [5.74, 6) is -0.134. The molecule has 1 aliphatic rings. The van der Waals surface area contributed by atoms with Crippen LogP contribution in [0.5, 0.6) is 0 Å². The summed E-state index contributed by atoms with van der Waals surface area (Å²) in [6.45, 7) is 0.775. The van der Waals surface area contributed by atoms with Crippen LogP contribution in [0, 0.1) is 0 Å². The fraction of sp³-hybridized carbons (Fsp3) is 0.182. The molecule has 0 radical (unpaired) electrons. The molecule has 3 aromatic heterocycles. The van der Waals surface area contributed by atoms with Crippen molar-refractivity contribution in [1.82, 2.24) is 24.1 Å². The third-order valence-corrected chi connectivity index (χ3v) is 5.34. The lowest BCUT2D eigenvalue weighted by Gasteiger charge is -2.27. The van der Waals surface area contributed by atoms with Gasteiger partial charge in [0.1, 0.15) is 11.3 Å². The number of amides is 1. The SMILES string of the molecule is Cn1nc(-c2ccccc2)cc1C(=O)N1CCc2nc3ccccn3c(=O)c2C1. The van der Waals surface area contributed by atoms with Gasteiger partial charge in [-0.25, -0.2) is 4.98 Å². The maximum atomic E-state index is 13.2. The van der Waals surface area contributed by atoms with Crippen molar-refractivity contribution in [1.29, 1.82) is 0 Å². The first-order valence-electron chi connectivity index (χ1n) is 9.50. The Morgan fingerprint density at radius 3 is 2.69 bits per heavy atom. The van der Waals surface area contributed by atoms with Crippen molar-refractivity contribution in [2.45, 2.75) is 13.0 Å². The molecule has 1 amide bonds. The Hall–Kier alpha value is -3.74. The van der Waals surface area contributed by atoms with Gasteiger partial charge in [-0.05, 0) is 18.2 Å². The van der Waals surface area contributed by atoms with E-state index < -0.39 is 0 Å². The van der Waals surface area contributed by atoms with E-state index in [0.29, 0.717) is 29.9 Å². The molecule has 1 aliphatic heterocycles. The Bertz CT molecular complexity index is 1290. The van der Waals surface area contributed by atoms with Crippen molar-refractivity contribution in [3.63, 3.8) is 0 Å². The van der Waals surface area contributed by atoms with Crippen LogP contribution in [-0.2, 0) is 20.0 Å². The fourth-order valence-electron chi connectivity index (χ4n) is 3.80. The van der Waals surface area contributed by atoms with Crippen LogP contribution in [0.3, 0.4) is 0 Å². The molecule has 0 fully saturated rings. The minimum absolute atomic E-state index is 0.113. The van der Waals surface area contributed by atoms with Gasteiger partial charge in [0.05, 0.1) is 23.5 Å². The first-order valence-corrected chi connectivity index (χ1v) is 9.50. The van der Waals surface area contributed by atoms with Crippen LogP contribution in [0.1, 0.15) is 21.7 Å². The van der Waals surface area contributed by atoms with Gasteiger partial charge in [0.15, 0.2) is 0 Å². The average molecular weight is 385 g/mol. The Morgan fingerprint density at radius 1 is 1.07 bits per heavy atom. The van der Waals surface area contributed by atoms with Gasteiger partial charge in [-0.2, -0.15) is 5.10 Å². The fourth-order valence-corrected chi connectivity index (χ4v) is 3.80. The molecule has 7 heteroatoms. The van der Waals surface area contributed by atoms with Crippen LogP contribution in [0.2, 0.25) is 0 Å². The summed E-state index contributed by atoms with van der Waals surface area (Å²) in [6, 6.07) is 17.0. The summed E-state index contributed by atoms with van der Waals surface area (Å²) in [7, 11) is 1.77. The van der Waals surface area contributed by atoms with E-state index in [0.717, 1.165) is 17.0 Å². The van der Waals surface area contributed by atoms with Gasteiger partial charge in [0.2, 0.25) is 0 Å². The van der Waals surface area contributed by atoms with E-state index in [4.69, 9.17) is 0 Å². The zero-order chi connectivity index (χ0) is 20.0. The zero-order valence-electron chi connectivity index (χ0n) is 15.9. The highest BCUT2D eigenvalue weighted by Gasteiger charge is 2.27. The monoisotopic (exact) mass is 385 g/mol. The topological polar surface area (TPSA) is 72.5 Å². The van der Waals surface area contributed by atoms with Gasteiger partial charge in [-0.1, -0.05) is 36.4 Å². The van der Waals surface area contributed by atoms with Crippen LogP contribution in [-0.4, -0.2) is 36.5 Å². The Labute approximate surface area is 166 Å². The molecular formula is C22H19N5O2. The van der Waals surface area contributed by atoms with Crippen LogP contribution in [0.4, 0.5) is 0 Å². The number of nitrogens with zero attached hydrogens (tertiary/aromatic N) is 5. The second-order valence-electron chi connectivity index (χ2n) is 7.15. The summed E-state index contributed by atoms with van der Waals surface area (Å²) in [5, 5.41) is 4.49. The van der Waals surface area contributed by atoms with E-state index in [1.54, 1.807) is 35.0 Å². The number of carbonyl (C=O) groups excluding carboxylic acids is 1. The van der Waals surface area contributed by atoms with Gasteiger partial charge in [-0.3, -0.25) is 18.7 Å². The van der Waals surface area contributed by atoms with Crippen molar-refractivity contribution >= 4 is 11.6 Å². The largest absolute Gasteiger partial charge is 0.332 e. The number of carbonyl (C=O) groups is 1. The van der Waals surface area contributed by atoms with E-state index in [1.165, 1.54) is 4.40 Å². The summed E-state index contributed by atoms with van der Waals surface area (Å²) in [6.07, 6.45) is 2.27. The van der Waals surface area contributed by atoms with Gasteiger partial charge < -0.3 is 4.90 Å². The molecule has 0 saturated carbocycles. The highest BCUT2D eigenvalue weighted by molar-refractivity contribution is 5.93. The molecule has 7 nitrogen and oxygen atoms in total. The Morgan fingerprint density at radius 2 is 1.86 bits per heavy atom. The second-order valence-corrected chi connectivity index (χ2v) is 7.15. The van der Waals surface area contributed by atoms with E-state index in [9.17, 15) is 9.59 Å². The molecule has 4 aromatic rings. The van der Waals surface area contributed by atoms with Crippen molar-refractivity contribution in [3.8, 4) is 11.3 Å². The number of pyridine rings is 1. The van der Waals surface area contributed by atoms with E-state index in [1.807, 2.05) is 42.5 Å². The number of aromatic nitrogens is 4. The molecule has 0 spiro atoms. The lowest BCUT2D eigenvalue weighted by molar-refractivity contribution is 0.0721. The number of fused-ring (bicyclic) bond motifs is 2. The molecule has 0 saturated heterocycles. The maximum Gasteiger partial charge on any atom is 0.272 e. The number of rotatable bonds is 2. The third kappa shape index (κ3) is 2.91. The number of benzene rings is 1. The molecule has 5 rings (SSSR count). The van der Waals surface area contributed by atoms with Crippen molar-refractivity contribution in [2.24, 2.45) is 7.05 Å². The van der Waals surface area contributed by atoms with Gasteiger partial charge in [-0.15, -0.1) is 0 Å². The first-order chi connectivity index (χ1) is 14.1. The van der Waals surface area contributed by atoms with Crippen molar-refractivity contribution in [3.05, 3.63) is 88.1 Å². The lowest BCUT2D eigenvalue weighted by atomic mass is 10.1. The highest BCUT2D eigenvalue weighted by Crippen LogP contribution is 2.21. The summed E-state index contributed by atoms with van der Waals surface area (Å²) < 4.78 is 3.13. The average Bonchev–Trinajstić information content (AvgIpc) is 3.15. The summed E-state index contributed by atoms with van der Waals surface area (Å²) >= 11 is 0. The Balaban J connectivity index is 1.48. The number of hydrogen-bond donors (Lipinski definition) is 0. The highest BCUT2D eigenvalue weighted by atomic mass is 16.2. The van der Waals surface area contributed by atoms with Crippen LogP contribution in [0.25, 0.3) is 16.9 Å². The molecule has 0 aliphatic carbocycles. The van der Waals surface area contributed by atoms with Crippen LogP contribution < -0.4 is 5.56 Å². The van der Waals surface area contributed by atoms with Crippen molar-refractivity contribution < 1.29 is 4.79 Å². The summed E-state index contributed by atoms with van der Waals surface area (Å²) in [5.41, 5.74) is 4.09. The predicted molar refractivity (Wildman–Crippen MR) is 109 cm³/mol. The molecular weight excluding hydrogens is 366 g/mol. The minimum atomic E-state index is -0.134. The molecule has 0 bridgehead atoms. The number of aryl methyl sites for hydroxylation is 1. The Kier molecular flexibility index (Phi) is 4.01. The van der Waals surface area contributed by atoms with E-state index in [-0.39, 0.29) is 18.0 Å². The second kappa shape index (κ2) is 6.70. The third-order valence-electron chi connectivity index (χ3n) is 5.34. The zero-order valence-corrected chi connectivity index (χ0v) is 15.9. The molecule has 144 valence electrons. The predicted octanol–water partition coefficient (Wildman–Crippen LogP) is 2.29. The van der Waals surface area contributed by atoms with Gasteiger partial charge >= 0.3 is 0 Å². The first kappa shape index (κ1) is 17.4. The molecule has 0 N–H and O–H groups in total. The van der Waals surface area contributed by atoms with Crippen molar-refractivity contribution in [2.75, 3.05) is 6.54 Å². The van der Waals surface area contributed by atoms with Gasteiger partial charge in [0.25, 0.3) is 11.5 Å². The van der Waals surface area contributed by atoms with E-state index in [2.05, 4.69) is 10.1 Å². The maximum absolute atomic E-state index is 13.2. The quantitative estimate of drug-likeness (QED) is 0.531. The summed E-state index contributed by atoms with van der Waals surface area (Å²) in [4.78, 5) is 32.4. The van der Waals surface area contributed by atoms with Crippen LogP contribution in [0.15, 0.2) is 65.6 Å². The van der Waals surface area contributed by atoms with Crippen LogP contribution >= 0.6 is 0 Å².